The third kappa shape index (κ3) is 7.11. The third-order valence-electron chi connectivity index (χ3n) is 2.24. The fourth-order valence-electron chi connectivity index (χ4n) is 1.23. The van der Waals surface area contributed by atoms with Crippen molar-refractivity contribution in [3.8, 4) is 0 Å². The molecule has 0 spiro atoms. The van der Waals surface area contributed by atoms with E-state index in [0.29, 0.717) is 0 Å². The number of nitrogens with zero attached hydrogens (tertiary/aromatic N) is 1. The highest BCUT2D eigenvalue weighted by molar-refractivity contribution is 9.09. The molecular formula is C10H22BrN. The summed E-state index contributed by atoms with van der Waals surface area (Å²) < 4.78 is 0. The highest BCUT2D eigenvalue weighted by atomic mass is 79.9. The third-order valence-corrected chi connectivity index (χ3v) is 2.80. The molecule has 0 fully saturated rings. The summed E-state index contributed by atoms with van der Waals surface area (Å²) in [7, 11) is 2.22. The van der Waals surface area contributed by atoms with Gasteiger partial charge in [-0.1, -0.05) is 36.2 Å². The van der Waals surface area contributed by atoms with Crippen LogP contribution in [0.5, 0.6) is 0 Å². The molecule has 1 nitrogen and oxygen atoms in total. The van der Waals surface area contributed by atoms with Crippen molar-refractivity contribution >= 4 is 15.9 Å². The summed E-state index contributed by atoms with van der Waals surface area (Å²) in [4.78, 5) is 2.44. The van der Waals surface area contributed by atoms with Gasteiger partial charge in [0.1, 0.15) is 0 Å². The van der Waals surface area contributed by atoms with E-state index in [9.17, 15) is 0 Å². The average Bonchev–Trinajstić information content (AvgIpc) is 2.05. The molecule has 0 aliphatic heterocycles. The predicted molar refractivity (Wildman–Crippen MR) is 60.0 cm³/mol. The van der Waals surface area contributed by atoms with Crippen LogP contribution in [0.3, 0.4) is 0 Å². The van der Waals surface area contributed by atoms with Gasteiger partial charge in [-0.2, -0.15) is 0 Å². The van der Waals surface area contributed by atoms with Crippen molar-refractivity contribution in [2.45, 2.75) is 33.1 Å². The minimum absolute atomic E-state index is 0.846. The first-order valence-electron chi connectivity index (χ1n) is 4.95. The summed E-state index contributed by atoms with van der Waals surface area (Å²) in [6, 6.07) is 0. The largest absolute Gasteiger partial charge is 0.306 e. The van der Waals surface area contributed by atoms with Gasteiger partial charge in [0.15, 0.2) is 0 Å². The van der Waals surface area contributed by atoms with Crippen molar-refractivity contribution in [3.63, 3.8) is 0 Å². The molecule has 0 N–H and O–H groups in total. The number of rotatable bonds is 7. The van der Waals surface area contributed by atoms with Gasteiger partial charge in [-0.3, -0.25) is 0 Å². The highest BCUT2D eigenvalue weighted by Crippen LogP contribution is 2.03. The lowest BCUT2D eigenvalue weighted by atomic mass is 10.1. The van der Waals surface area contributed by atoms with E-state index in [1.807, 2.05) is 0 Å². The molecule has 0 saturated heterocycles. The Balaban J connectivity index is 3.26. The fraction of sp³-hybridized carbons (Fsp3) is 1.00. The zero-order chi connectivity index (χ0) is 9.40. The Morgan fingerprint density at radius 2 is 2.00 bits per heavy atom. The predicted octanol–water partition coefficient (Wildman–Crippen LogP) is 3.14. The summed E-state index contributed by atoms with van der Waals surface area (Å²) in [6.07, 6.45) is 3.91. The molecule has 0 aliphatic carbocycles. The Kier molecular flexibility index (Phi) is 8.35. The Morgan fingerprint density at radius 3 is 2.50 bits per heavy atom. The number of unbranched alkanes of at least 4 members (excludes halogenated alkanes) is 1. The maximum Gasteiger partial charge on any atom is 0.00317 e. The van der Waals surface area contributed by atoms with Gasteiger partial charge in [-0.05, 0) is 32.4 Å². The van der Waals surface area contributed by atoms with E-state index in [4.69, 9.17) is 0 Å². The molecule has 1 unspecified atom stereocenters. The van der Waals surface area contributed by atoms with E-state index in [2.05, 4.69) is 41.7 Å². The Morgan fingerprint density at radius 1 is 1.33 bits per heavy atom. The standard InChI is InChI=1S/C10H22BrN/c1-4-10(2)9-12(3)8-6-5-7-11/h10H,4-9H2,1-3H3. The molecule has 0 saturated carbocycles. The van der Waals surface area contributed by atoms with Gasteiger partial charge >= 0.3 is 0 Å². The van der Waals surface area contributed by atoms with Crippen LogP contribution in [0.25, 0.3) is 0 Å². The molecule has 1 atom stereocenters. The van der Waals surface area contributed by atoms with E-state index in [1.54, 1.807) is 0 Å². The van der Waals surface area contributed by atoms with Gasteiger partial charge in [-0.15, -0.1) is 0 Å². The Hall–Kier alpha value is 0.440. The molecule has 0 radical (unpaired) electrons. The topological polar surface area (TPSA) is 3.24 Å². The lowest BCUT2D eigenvalue weighted by Crippen LogP contribution is -2.25. The molecule has 0 rings (SSSR count). The van der Waals surface area contributed by atoms with E-state index < -0.39 is 0 Å². The minimum Gasteiger partial charge on any atom is -0.306 e. The van der Waals surface area contributed by atoms with Crippen molar-refractivity contribution in [1.29, 1.82) is 0 Å². The zero-order valence-corrected chi connectivity index (χ0v) is 10.2. The Labute approximate surface area is 85.7 Å². The van der Waals surface area contributed by atoms with Crippen LogP contribution in [0.2, 0.25) is 0 Å². The van der Waals surface area contributed by atoms with Crippen LogP contribution in [-0.2, 0) is 0 Å². The van der Waals surface area contributed by atoms with Gasteiger partial charge < -0.3 is 4.90 Å². The average molecular weight is 236 g/mol. The van der Waals surface area contributed by atoms with E-state index in [1.165, 1.54) is 32.4 Å². The second kappa shape index (κ2) is 8.06. The molecule has 0 amide bonds. The smallest absolute Gasteiger partial charge is 0.00317 e. The summed E-state index contributed by atoms with van der Waals surface area (Å²) >= 11 is 3.45. The minimum atomic E-state index is 0.846. The molecule has 0 aromatic rings. The number of hydrogen-bond acceptors (Lipinski definition) is 1. The van der Waals surface area contributed by atoms with Crippen molar-refractivity contribution < 1.29 is 0 Å². The molecule has 0 aromatic heterocycles. The summed E-state index contributed by atoms with van der Waals surface area (Å²) in [5, 5.41) is 1.14. The molecule has 0 aromatic carbocycles. The first-order valence-corrected chi connectivity index (χ1v) is 6.07. The van der Waals surface area contributed by atoms with Crippen LogP contribution in [-0.4, -0.2) is 30.4 Å². The van der Waals surface area contributed by atoms with Crippen molar-refractivity contribution in [2.75, 3.05) is 25.5 Å². The van der Waals surface area contributed by atoms with Gasteiger partial charge in [0.05, 0.1) is 0 Å². The maximum atomic E-state index is 3.45. The molecule has 12 heavy (non-hydrogen) atoms. The fourth-order valence-corrected chi connectivity index (χ4v) is 1.63. The Bertz CT molecular complexity index is 95.8. The van der Waals surface area contributed by atoms with Gasteiger partial charge in [0, 0.05) is 11.9 Å². The van der Waals surface area contributed by atoms with E-state index in [0.717, 1.165) is 11.2 Å². The highest BCUT2D eigenvalue weighted by Gasteiger charge is 2.02. The van der Waals surface area contributed by atoms with Crippen LogP contribution in [0.4, 0.5) is 0 Å². The van der Waals surface area contributed by atoms with Crippen LogP contribution in [0.1, 0.15) is 33.1 Å². The van der Waals surface area contributed by atoms with Crippen LogP contribution < -0.4 is 0 Å². The number of hydrogen-bond donors (Lipinski definition) is 0. The second-order valence-electron chi connectivity index (χ2n) is 3.67. The molecule has 0 aliphatic rings. The van der Waals surface area contributed by atoms with Gasteiger partial charge in [-0.25, -0.2) is 0 Å². The van der Waals surface area contributed by atoms with Gasteiger partial charge in [0.25, 0.3) is 0 Å². The first kappa shape index (κ1) is 12.4. The normalized spacial score (nSPS) is 13.8. The van der Waals surface area contributed by atoms with Crippen LogP contribution in [0.15, 0.2) is 0 Å². The van der Waals surface area contributed by atoms with Crippen molar-refractivity contribution in [1.82, 2.24) is 4.90 Å². The molecule has 2 heteroatoms. The van der Waals surface area contributed by atoms with Crippen LogP contribution >= 0.6 is 15.9 Å². The number of halogens is 1. The van der Waals surface area contributed by atoms with Gasteiger partial charge in [0.2, 0.25) is 0 Å². The first-order chi connectivity index (χ1) is 5.70. The molecule has 74 valence electrons. The molecule has 0 heterocycles. The summed E-state index contributed by atoms with van der Waals surface area (Å²) in [5.74, 6) is 0.846. The monoisotopic (exact) mass is 235 g/mol. The van der Waals surface area contributed by atoms with Crippen molar-refractivity contribution in [3.05, 3.63) is 0 Å². The van der Waals surface area contributed by atoms with E-state index in [-0.39, 0.29) is 0 Å². The SMILES string of the molecule is CCC(C)CN(C)CCCCBr. The van der Waals surface area contributed by atoms with Crippen LogP contribution in [0, 0.1) is 5.92 Å². The lowest BCUT2D eigenvalue weighted by Gasteiger charge is -2.19. The summed E-state index contributed by atoms with van der Waals surface area (Å²) in [6.45, 7) is 7.08. The molecular weight excluding hydrogens is 214 g/mol. The van der Waals surface area contributed by atoms with Crippen molar-refractivity contribution in [2.24, 2.45) is 5.92 Å². The quantitative estimate of drug-likeness (QED) is 0.485. The zero-order valence-electron chi connectivity index (χ0n) is 8.65. The summed E-state index contributed by atoms with van der Waals surface area (Å²) in [5.41, 5.74) is 0. The van der Waals surface area contributed by atoms with E-state index >= 15 is 0 Å². The lowest BCUT2D eigenvalue weighted by molar-refractivity contribution is 0.279. The molecule has 0 bridgehead atoms. The maximum absolute atomic E-state index is 3.45. The second-order valence-corrected chi connectivity index (χ2v) is 4.46. The number of alkyl halides is 1.